The number of carbonyl (C=O) groups excluding carboxylic acids is 2. The van der Waals surface area contributed by atoms with Gasteiger partial charge in [0.25, 0.3) is 0 Å². The van der Waals surface area contributed by atoms with E-state index in [1.165, 1.54) is 0 Å². The molecule has 10 nitrogen and oxygen atoms in total. The van der Waals surface area contributed by atoms with E-state index in [0.717, 1.165) is 0 Å². The van der Waals surface area contributed by atoms with Gasteiger partial charge in [-0.1, -0.05) is 0 Å². The van der Waals surface area contributed by atoms with Crippen LogP contribution in [0.3, 0.4) is 0 Å². The molecule has 0 radical (unpaired) electrons. The molecular formula is C8H12N2NiO8. The van der Waals surface area contributed by atoms with Gasteiger partial charge in [-0.15, -0.1) is 0 Å². The third kappa shape index (κ3) is 16.3. The Morgan fingerprint density at radius 1 is 0.842 bits per heavy atom. The van der Waals surface area contributed by atoms with Gasteiger partial charge < -0.3 is 41.5 Å². The van der Waals surface area contributed by atoms with Crippen molar-refractivity contribution in [3.8, 4) is 0 Å². The normalized spacial score (nSPS) is 11.9. The molecule has 0 aliphatic heterocycles. The first-order valence-electron chi connectivity index (χ1n) is 4.44. The fourth-order valence-corrected chi connectivity index (χ4v) is 0.543. The molecule has 0 heterocycles. The van der Waals surface area contributed by atoms with Crippen molar-refractivity contribution in [1.29, 1.82) is 0 Å². The Bertz CT molecular complexity index is 303. The van der Waals surface area contributed by atoms with Gasteiger partial charge >= 0.3 is 28.4 Å². The topological polar surface area (TPSA) is 207 Å². The average Bonchev–Trinajstić information content (AvgIpc) is 2.16. The summed E-state index contributed by atoms with van der Waals surface area (Å²) in [5.41, 5.74) is 9.55. The van der Waals surface area contributed by atoms with Crippen molar-refractivity contribution < 1.29 is 56.1 Å². The van der Waals surface area contributed by atoms with Gasteiger partial charge in [-0.3, -0.25) is 9.59 Å². The number of hydrogen-bond donors (Lipinski definition) is 4. The number of carbonyl (C=O) groups is 4. The summed E-state index contributed by atoms with van der Waals surface area (Å²) in [6.07, 6.45) is -1.19. The van der Waals surface area contributed by atoms with E-state index in [2.05, 4.69) is 0 Å². The van der Waals surface area contributed by atoms with E-state index >= 15 is 0 Å². The second-order valence-corrected chi connectivity index (χ2v) is 3.05. The monoisotopic (exact) mass is 322 g/mol. The van der Waals surface area contributed by atoms with Crippen LogP contribution in [0.4, 0.5) is 0 Å². The third-order valence-electron chi connectivity index (χ3n) is 1.39. The van der Waals surface area contributed by atoms with Crippen molar-refractivity contribution in [2.75, 3.05) is 0 Å². The van der Waals surface area contributed by atoms with Gasteiger partial charge in [0.05, 0.1) is 36.9 Å². The van der Waals surface area contributed by atoms with Gasteiger partial charge in [-0.05, 0) is 0 Å². The van der Waals surface area contributed by atoms with E-state index in [0.29, 0.717) is 0 Å². The number of hydrogen-bond acceptors (Lipinski definition) is 8. The molecule has 0 saturated carbocycles. The molecule has 19 heavy (non-hydrogen) atoms. The van der Waals surface area contributed by atoms with Gasteiger partial charge in [0, 0.05) is 0 Å². The van der Waals surface area contributed by atoms with Crippen LogP contribution in [0.25, 0.3) is 0 Å². The molecule has 112 valence electrons. The van der Waals surface area contributed by atoms with Crippen LogP contribution < -0.4 is 21.7 Å². The first-order valence-corrected chi connectivity index (χ1v) is 4.44. The predicted octanol–water partition coefficient (Wildman–Crippen LogP) is -4.93. The average molecular weight is 323 g/mol. The molecule has 6 N–H and O–H groups in total. The molecule has 0 spiro atoms. The smallest absolute Gasteiger partial charge is 0.548 e. The summed E-state index contributed by atoms with van der Waals surface area (Å²) in [5, 5.41) is 35.4. The van der Waals surface area contributed by atoms with Crippen LogP contribution >= 0.6 is 0 Å². The molecule has 0 aromatic carbocycles. The van der Waals surface area contributed by atoms with Gasteiger partial charge in [0.1, 0.15) is 0 Å². The standard InChI is InChI=1S/2C4H7NO4.Ni/c2*5-2(4(8)9)1-3(6)7;/h2*2H,1,5H2,(H,6,7)(H,8,9);/q;;+2/p-2/t2*2-;/m00./s1. The van der Waals surface area contributed by atoms with E-state index in [1.54, 1.807) is 0 Å². The maximum atomic E-state index is 9.74. The molecule has 0 bridgehead atoms. The zero-order chi connectivity index (χ0) is 14.9. The van der Waals surface area contributed by atoms with Gasteiger partial charge in [-0.2, -0.15) is 0 Å². The predicted molar refractivity (Wildman–Crippen MR) is 50.5 cm³/mol. The molecule has 11 heteroatoms. The molecule has 0 amide bonds. The quantitative estimate of drug-likeness (QED) is 0.342. The molecule has 0 unspecified atom stereocenters. The first kappa shape index (κ1) is 22.5. The first-order chi connectivity index (χ1) is 8.07. The maximum absolute atomic E-state index is 9.74. The summed E-state index contributed by atoms with van der Waals surface area (Å²) in [4.78, 5) is 39.0. The number of nitrogens with two attached hydrogens (primary N) is 2. The van der Waals surface area contributed by atoms with Gasteiger partial charge in [0.15, 0.2) is 0 Å². The number of carboxylic acid groups (broad SMARTS) is 4. The van der Waals surface area contributed by atoms with Crippen LogP contribution in [0.5, 0.6) is 0 Å². The van der Waals surface area contributed by atoms with Crippen LogP contribution in [0.1, 0.15) is 12.8 Å². The van der Waals surface area contributed by atoms with Crippen molar-refractivity contribution in [2.45, 2.75) is 24.9 Å². The van der Waals surface area contributed by atoms with Crippen molar-refractivity contribution in [2.24, 2.45) is 11.5 Å². The molecule has 0 aromatic heterocycles. The van der Waals surface area contributed by atoms with Crippen LogP contribution in [0.15, 0.2) is 0 Å². The Hall–Kier alpha value is -1.71. The molecule has 0 fully saturated rings. The van der Waals surface area contributed by atoms with E-state index in [1.807, 2.05) is 0 Å². The fraction of sp³-hybridized carbons (Fsp3) is 0.500. The Kier molecular flexibility index (Phi) is 13.5. The minimum Gasteiger partial charge on any atom is -0.548 e. The maximum Gasteiger partial charge on any atom is 2.00 e. The largest absolute Gasteiger partial charge is 2.00 e. The Balaban J connectivity index is -0.000000256. The van der Waals surface area contributed by atoms with Crippen molar-refractivity contribution >= 4 is 23.9 Å². The Morgan fingerprint density at radius 2 is 1.05 bits per heavy atom. The van der Waals surface area contributed by atoms with Gasteiger partial charge in [0.2, 0.25) is 0 Å². The molecule has 0 rings (SSSR count). The van der Waals surface area contributed by atoms with Crippen LogP contribution in [0.2, 0.25) is 0 Å². The zero-order valence-corrected chi connectivity index (χ0v) is 10.4. The minimum absolute atomic E-state index is 0. The van der Waals surface area contributed by atoms with E-state index in [4.69, 9.17) is 21.7 Å². The molecule has 0 aromatic rings. The number of aliphatic carboxylic acids is 4. The zero-order valence-electron chi connectivity index (χ0n) is 9.38. The molecular weight excluding hydrogens is 311 g/mol. The summed E-state index contributed by atoms with van der Waals surface area (Å²) in [5.74, 6) is -5.58. The van der Waals surface area contributed by atoms with Crippen molar-refractivity contribution in [3.63, 3.8) is 0 Å². The summed E-state index contributed by atoms with van der Waals surface area (Å²) in [6, 6.07) is -2.80. The molecule has 2 atom stereocenters. The Labute approximate surface area is 117 Å². The second kappa shape index (κ2) is 11.4. The van der Waals surface area contributed by atoms with Crippen molar-refractivity contribution in [3.05, 3.63) is 0 Å². The minimum atomic E-state index is -1.54. The summed E-state index contributed by atoms with van der Waals surface area (Å²) in [7, 11) is 0. The summed E-state index contributed by atoms with van der Waals surface area (Å²) < 4.78 is 0. The van der Waals surface area contributed by atoms with Crippen molar-refractivity contribution in [1.82, 2.24) is 0 Å². The summed E-state index contributed by atoms with van der Waals surface area (Å²) in [6.45, 7) is 0. The second-order valence-electron chi connectivity index (χ2n) is 3.05. The van der Waals surface area contributed by atoms with Crippen LogP contribution in [-0.4, -0.2) is 46.2 Å². The van der Waals surface area contributed by atoms with E-state index in [-0.39, 0.29) is 16.5 Å². The van der Waals surface area contributed by atoms with E-state index < -0.39 is 48.8 Å². The Morgan fingerprint density at radius 3 is 1.11 bits per heavy atom. The SMILES string of the molecule is N[C@@H](CC(=O)O)C(=O)[O-].N[C@@H](CC(=O)O)C(=O)[O-].[Ni+2]. The van der Waals surface area contributed by atoms with Crippen LogP contribution in [0, 0.1) is 0 Å². The van der Waals surface area contributed by atoms with Gasteiger partial charge in [-0.25, -0.2) is 0 Å². The molecule has 0 aliphatic carbocycles. The number of rotatable bonds is 6. The number of carboxylic acids is 4. The van der Waals surface area contributed by atoms with Crippen LogP contribution in [-0.2, 0) is 35.7 Å². The fourth-order valence-electron chi connectivity index (χ4n) is 0.543. The molecule has 0 aliphatic rings. The third-order valence-corrected chi connectivity index (χ3v) is 1.39. The van der Waals surface area contributed by atoms with E-state index in [9.17, 15) is 29.4 Å². The summed E-state index contributed by atoms with van der Waals surface area (Å²) >= 11 is 0. The molecule has 0 saturated heterocycles.